The van der Waals surface area contributed by atoms with Crippen molar-refractivity contribution in [3.05, 3.63) is 229 Å². The molecule has 0 aliphatic rings. The normalized spacial score (nSPS) is 11.6. The third-order valence-corrected chi connectivity index (χ3v) is 13.1. The first-order chi connectivity index (χ1) is 34.3. The van der Waals surface area contributed by atoms with E-state index in [1.165, 1.54) is 12.1 Å². The summed E-state index contributed by atoms with van der Waals surface area (Å²) in [5, 5.41) is 25.7. The molecule has 6 nitrogen and oxygen atoms in total. The molecular weight excluding hydrogens is 874 g/mol. The molecule has 0 saturated carbocycles. The maximum absolute atomic E-state index is 15.3. The first-order valence-corrected chi connectivity index (χ1v) is 22.6. The van der Waals surface area contributed by atoms with Crippen LogP contribution in [0.3, 0.4) is 0 Å². The summed E-state index contributed by atoms with van der Waals surface area (Å²) in [6.07, 6.45) is -1.26. The smallest absolute Gasteiger partial charge is 0.308 e. The Morgan fingerprint density at radius 2 is 0.843 bits per heavy atom. The molecule has 0 radical (unpaired) electrons. The highest BCUT2D eigenvalue weighted by atomic mass is 19.4. The van der Waals surface area contributed by atoms with Crippen molar-refractivity contribution in [2.45, 2.75) is 6.18 Å². The molecule has 0 saturated heterocycles. The summed E-state index contributed by atoms with van der Waals surface area (Å²) in [6, 6.07) is 67.3. The highest BCUT2D eigenvalue weighted by Gasteiger charge is 2.36. The summed E-state index contributed by atoms with van der Waals surface area (Å²) in [6.45, 7) is 0. The topological polar surface area (TPSA) is 83.2 Å². The zero-order valence-corrected chi connectivity index (χ0v) is 37.0. The van der Waals surface area contributed by atoms with Crippen molar-refractivity contribution < 1.29 is 13.2 Å². The average Bonchev–Trinajstić information content (AvgIpc) is 3.92. The van der Waals surface area contributed by atoms with Crippen LogP contribution in [0.2, 0.25) is 0 Å². The van der Waals surface area contributed by atoms with Crippen molar-refractivity contribution in [1.29, 1.82) is 10.5 Å². The van der Waals surface area contributed by atoms with Crippen LogP contribution in [0.4, 0.5) is 13.2 Å². The van der Waals surface area contributed by atoms with Crippen LogP contribution in [0.5, 0.6) is 0 Å². The Morgan fingerprint density at radius 1 is 0.386 bits per heavy atom. The van der Waals surface area contributed by atoms with Gasteiger partial charge < -0.3 is 9.13 Å². The molecule has 0 spiro atoms. The Bertz CT molecular complexity index is 3920. The first-order valence-electron chi connectivity index (χ1n) is 22.6. The van der Waals surface area contributed by atoms with Crippen LogP contribution in [-0.4, -0.2) is 19.1 Å². The zero-order chi connectivity index (χ0) is 47.5. The van der Waals surface area contributed by atoms with E-state index in [1.807, 2.05) is 155 Å². The third kappa shape index (κ3) is 6.96. The van der Waals surface area contributed by atoms with Crippen LogP contribution < -0.4 is 0 Å². The molecular formula is C61H35F3N6. The fraction of sp³-hybridized carbons (Fsp3) is 0.0164. The molecule has 70 heavy (non-hydrogen) atoms. The maximum atomic E-state index is 15.3. The van der Waals surface area contributed by atoms with Crippen LogP contribution in [0, 0.1) is 22.7 Å². The van der Waals surface area contributed by atoms with Crippen LogP contribution >= 0.6 is 0 Å². The highest BCUT2D eigenvalue weighted by molar-refractivity contribution is 6.12. The van der Waals surface area contributed by atoms with Gasteiger partial charge in [0.2, 0.25) is 0 Å². The Balaban J connectivity index is 1.17. The molecule has 12 aromatic rings. The Morgan fingerprint density at radius 3 is 1.31 bits per heavy atom. The van der Waals surface area contributed by atoms with Crippen LogP contribution in [0.25, 0.3) is 111 Å². The van der Waals surface area contributed by atoms with Gasteiger partial charge in [-0.25, -0.2) is 0 Å². The standard InChI is InChI=1S/C61H35F3N6/c62-61(63,64)51-19-11-16-44(36-65)60(51)45-34-58(69-54-20-9-7-17-46(54)48-24-22-40(32-56(48)69)42-26-28-67-52(30-42)38-12-3-1-4-13-38)50(37-66)59(35-45)70-55-21-10-8-18-47(55)49-25-23-41(33-57(49)70)43-27-29-68-53(31-43)39-14-5-2-6-15-39/h1-35H. The average molecular weight is 909 g/mol. The van der Waals surface area contributed by atoms with Crippen molar-refractivity contribution in [1.82, 2.24) is 19.1 Å². The van der Waals surface area contributed by atoms with Gasteiger partial charge in [-0.2, -0.15) is 23.7 Å². The van der Waals surface area contributed by atoms with Crippen molar-refractivity contribution in [2.24, 2.45) is 0 Å². The lowest BCUT2D eigenvalue weighted by Crippen LogP contribution is -2.10. The number of pyridine rings is 2. The van der Waals surface area contributed by atoms with Gasteiger partial charge in [0.1, 0.15) is 11.6 Å². The van der Waals surface area contributed by atoms with E-state index < -0.39 is 11.7 Å². The fourth-order valence-electron chi connectivity index (χ4n) is 9.99. The monoisotopic (exact) mass is 908 g/mol. The number of alkyl halides is 3. The molecule has 4 heterocycles. The number of fused-ring (bicyclic) bond motifs is 6. The van der Waals surface area contributed by atoms with E-state index in [4.69, 9.17) is 0 Å². The number of aromatic nitrogens is 4. The van der Waals surface area contributed by atoms with Gasteiger partial charge >= 0.3 is 6.18 Å². The molecule has 9 heteroatoms. The number of halogens is 3. The highest BCUT2D eigenvalue weighted by Crippen LogP contribution is 2.45. The van der Waals surface area contributed by atoms with Crippen molar-refractivity contribution in [3.8, 4) is 79.4 Å². The second-order valence-corrected chi connectivity index (χ2v) is 17.1. The number of hydrogen-bond donors (Lipinski definition) is 0. The zero-order valence-electron chi connectivity index (χ0n) is 37.0. The summed E-state index contributed by atoms with van der Waals surface area (Å²) < 4.78 is 49.8. The molecule has 4 aromatic heterocycles. The van der Waals surface area contributed by atoms with Gasteiger partial charge in [0.05, 0.1) is 62.0 Å². The molecule has 0 aliphatic heterocycles. The Labute approximate surface area is 399 Å². The Hall–Kier alpha value is -9.57. The molecule has 0 amide bonds. The van der Waals surface area contributed by atoms with Gasteiger partial charge in [-0.1, -0.05) is 127 Å². The molecule has 12 rings (SSSR count). The van der Waals surface area contributed by atoms with E-state index in [0.29, 0.717) is 11.4 Å². The van der Waals surface area contributed by atoms with Crippen LogP contribution in [0.1, 0.15) is 16.7 Å². The third-order valence-electron chi connectivity index (χ3n) is 13.1. The molecule has 0 fully saturated rings. The predicted octanol–water partition coefficient (Wildman–Crippen LogP) is 15.8. The second-order valence-electron chi connectivity index (χ2n) is 17.1. The molecule has 0 N–H and O–H groups in total. The van der Waals surface area contributed by atoms with Gasteiger partial charge in [0.15, 0.2) is 0 Å². The second kappa shape index (κ2) is 16.6. The molecule has 8 aromatic carbocycles. The number of hydrogen-bond acceptors (Lipinski definition) is 4. The van der Waals surface area contributed by atoms with E-state index in [0.717, 1.165) is 94.4 Å². The lowest BCUT2D eigenvalue weighted by molar-refractivity contribution is -0.137. The predicted molar refractivity (Wildman–Crippen MR) is 272 cm³/mol. The van der Waals surface area contributed by atoms with Crippen LogP contribution in [-0.2, 0) is 6.18 Å². The quantitative estimate of drug-likeness (QED) is 0.159. The summed E-state index contributed by atoms with van der Waals surface area (Å²) in [5.74, 6) is 0. The minimum absolute atomic E-state index is 0.126. The first kappa shape index (κ1) is 41.8. The summed E-state index contributed by atoms with van der Waals surface area (Å²) in [5.41, 5.74) is 9.73. The van der Waals surface area contributed by atoms with Gasteiger partial charge in [0.25, 0.3) is 0 Å². The van der Waals surface area contributed by atoms with Crippen molar-refractivity contribution in [3.63, 3.8) is 0 Å². The Kier molecular flexibility index (Phi) is 9.94. The molecule has 330 valence electrons. The number of para-hydroxylation sites is 2. The van der Waals surface area contributed by atoms with E-state index in [9.17, 15) is 10.5 Å². The van der Waals surface area contributed by atoms with Crippen LogP contribution in [0.15, 0.2) is 213 Å². The van der Waals surface area contributed by atoms with E-state index in [2.05, 4.69) is 46.4 Å². The largest absolute Gasteiger partial charge is 0.417 e. The van der Waals surface area contributed by atoms with Gasteiger partial charge in [-0.15, -0.1) is 0 Å². The van der Waals surface area contributed by atoms with Crippen molar-refractivity contribution >= 4 is 43.6 Å². The van der Waals surface area contributed by atoms with Gasteiger partial charge in [0, 0.05) is 50.6 Å². The number of benzene rings is 8. The van der Waals surface area contributed by atoms with Crippen molar-refractivity contribution in [2.75, 3.05) is 0 Å². The number of rotatable bonds is 7. The summed E-state index contributed by atoms with van der Waals surface area (Å²) in [7, 11) is 0. The van der Waals surface area contributed by atoms with Gasteiger partial charge in [-0.05, 0) is 101 Å². The maximum Gasteiger partial charge on any atom is 0.417 e. The minimum atomic E-state index is -4.81. The SMILES string of the molecule is N#Cc1cccc(C(F)(F)F)c1-c1cc(-n2c3ccccc3c3ccc(-c4ccnc(-c5ccccc5)c4)cc32)c(C#N)c(-n2c3ccccc3c3ccc(-c4ccnc(-c5ccccc5)c4)cc32)c1. The molecule has 0 bridgehead atoms. The number of nitriles is 2. The fourth-order valence-corrected chi connectivity index (χ4v) is 9.99. The summed E-state index contributed by atoms with van der Waals surface area (Å²) in [4.78, 5) is 9.33. The number of nitrogens with zero attached hydrogens (tertiary/aromatic N) is 6. The van der Waals surface area contributed by atoms with E-state index >= 15 is 13.2 Å². The molecule has 0 atom stereocenters. The van der Waals surface area contributed by atoms with E-state index in [-0.39, 0.29) is 22.3 Å². The molecule has 0 aliphatic carbocycles. The minimum Gasteiger partial charge on any atom is -0.308 e. The molecule has 0 unspecified atom stereocenters. The lowest BCUT2D eigenvalue weighted by Gasteiger charge is -2.21. The van der Waals surface area contributed by atoms with Gasteiger partial charge in [-0.3, -0.25) is 9.97 Å². The van der Waals surface area contributed by atoms with E-state index in [1.54, 1.807) is 24.5 Å². The summed E-state index contributed by atoms with van der Waals surface area (Å²) >= 11 is 0. The lowest BCUT2D eigenvalue weighted by atomic mass is 9.92.